The van der Waals surface area contributed by atoms with E-state index in [1.807, 2.05) is 81.4 Å². The topological polar surface area (TPSA) is 84.7 Å². The van der Waals surface area contributed by atoms with Crippen LogP contribution in [0.4, 0.5) is 0 Å². The average molecular weight is 418 g/mol. The lowest BCUT2D eigenvalue weighted by molar-refractivity contribution is -0.139. The van der Waals surface area contributed by atoms with E-state index in [0.717, 1.165) is 34.0 Å². The van der Waals surface area contributed by atoms with Crippen molar-refractivity contribution in [2.45, 2.75) is 27.3 Å². The second kappa shape index (κ2) is 10.2. The van der Waals surface area contributed by atoms with E-state index in [1.54, 1.807) is 0 Å². The van der Waals surface area contributed by atoms with Crippen LogP contribution >= 0.6 is 0 Å². The van der Waals surface area contributed by atoms with Crippen LogP contribution < -0.4 is 15.5 Å². The normalized spacial score (nSPS) is 10.8. The van der Waals surface area contributed by atoms with Crippen molar-refractivity contribution in [3.05, 3.63) is 83.2 Å². The molecule has 0 aliphatic carbocycles. The van der Waals surface area contributed by atoms with E-state index in [9.17, 15) is 9.59 Å². The maximum atomic E-state index is 12.0. The zero-order valence-electron chi connectivity index (χ0n) is 17.9. The first-order chi connectivity index (χ1) is 15.0. The monoisotopic (exact) mass is 418 g/mol. The Labute approximate surface area is 181 Å². The lowest BCUT2D eigenvalue weighted by atomic mass is 10.2. The van der Waals surface area contributed by atoms with E-state index in [2.05, 4.69) is 20.4 Å². The SMILES string of the molecule is CCOc1ccc(-n2c(C)cc(/C=N\NC(=O)C(=O)NCc3ccccc3)c2C)cc1. The van der Waals surface area contributed by atoms with Crippen LogP contribution in [0.2, 0.25) is 0 Å². The number of aryl methyl sites for hydroxylation is 1. The third-order valence-electron chi connectivity index (χ3n) is 4.75. The van der Waals surface area contributed by atoms with Gasteiger partial charge in [0.05, 0.1) is 12.8 Å². The highest BCUT2D eigenvalue weighted by Gasteiger charge is 2.13. The summed E-state index contributed by atoms with van der Waals surface area (Å²) >= 11 is 0. The number of nitrogens with one attached hydrogen (secondary N) is 2. The highest BCUT2D eigenvalue weighted by Crippen LogP contribution is 2.22. The molecule has 2 N–H and O–H groups in total. The fourth-order valence-corrected chi connectivity index (χ4v) is 3.24. The summed E-state index contributed by atoms with van der Waals surface area (Å²) in [7, 11) is 0. The lowest BCUT2D eigenvalue weighted by Gasteiger charge is -2.10. The molecule has 0 unspecified atom stereocenters. The molecule has 0 saturated carbocycles. The number of aromatic nitrogens is 1. The molecule has 0 saturated heterocycles. The first kappa shape index (κ1) is 21.8. The van der Waals surface area contributed by atoms with Crippen LogP contribution in [0.15, 0.2) is 65.8 Å². The minimum Gasteiger partial charge on any atom is -0.494 e. The number of hydrazone groups is 1. The fourth-order valence-electron chi connectivity index (χ4n) is 3.24. The van der Waals surface area contributed by atoms with E-state index in [4.69, 9.17) is 4.74 Å². The number of rotatable bonds is 7. The lowest BCUT2D eigenvalue weighted by Crippen LogP contribution is -2.37. The van der Waals surface area contributed by atoms with Crippen molar-refractivity contribution >= 4 is 18.0 Å². The molecule has 3 aromatic rings. The Morgan fingerprint density at radius 1 is 1.03 bits per heavy atom. The maximum absolute atomic E-state index is 12.0. The average Bonchev–Trinajstić information content (AvgIpc) is 3.06. The Morgan fingerprint density at radius 2 is 1.74 bits per heavy atom. The molecule has 0 bridgehead atoms. The van der Waals surface area contributed by atoms with Gasteiger partial charge in [-0.1, -0.05) is 30.3 Å². The number of hydrogen-bond acceptors (Lipinski definition) is 4. The van der Waals surface area contributed by atoms with Crippen LogP contribution in [0.1, 0.15) is 29.4 Å². The Bertz CT molecular complexity index is 1070. The molecule has 1 heterocycles. The zero-order valence-corrected chi connectivity index (χ0v) is 17.9. The van der Waals surface area contributed by atoms with Gasteiger partial charge in [0.2, 0.25) is 0 Å². The smallest absolute Gasteiger partial charge is 0.329 e. The van der Waals surface area contributed by atoms with Gasteiger partial charge < -0.3 is 14.6 Å². The van der Waals surface area contributed by atoms with E-state index < -0.39 is 11.8 Å². The van der Waals surface area contributed by atoms with Crippen LogP contribution in [-0.2, 0) is 16.1 Å². The van der Waals surface area contributed by atoms with Crippen LogP contribution in [0.5, 0.6) is 5.75 Å². The number of hydrogen-bond donors (Lipinski definition) is 2. The van der Waals surface area contributed by atoms with Crippen molar-refractivity contribution in [1.82, 2.24) is 15.3 Å². The minimum atomic E-state index is -0.812. The molecule has 31 heavy (non-hydrogen) atoms. The van der Waals surface area contributed by atoms with E-state index >= 15 is 0 Å². The van der Waals surface area contributed by atoms with Gasteiger partial charge in [0.25, 0.3) is 0 Å². The van der Waals surface area contributed by atoms with Gasteiger partial charge in [-0.25, -0.2) is 5.43 Å². The van der Waals surface area contributed by atoms with Gasteiger partial charge in [0, 0.05) is 29.2 Å². The molecule has 160 valence electrons. The molecule has 1 aromatic heterocycles. The summed E-state index contributed by atoms with van der Waals surface area (Å²) in [4.78, 5) is 23.9. The van der Waals surface area contributed by atoms with Gasteiger partial charge >= 0.3 is 11.8 Å². The van der Waals surface area contributed by atoms with E-state index in [0.29, 0.717) is 6.61 Å². The fraction of sp³-hybridized carbons (Fsp3) is 0.208. The molecule has 0 radical (unpaired) electrons. The first-order valence-electron chi connectivity index (χ1n) is 10.1. The molecule has 3 rings (SSSR count). The van der Waals surface area contributed by atoms with Crippen molar-refractivity contribution in [3.63, 3.8) is 0 Å². The Hall–Kier alpha value is -3.87. The summed E-state index contributed by atoms with van der Waals surface area (Å²) in [6.45, 7) is 6.82. The number of carbonyl (C=O) groups excluding carboxylic acids is 2. The first-order valence-corrected chi connectivity index (χ1v) is 10.1. The molecule has 7 nitrogen and oxygen atoms in total. The highest BCUT2D eigenvalue weighted by atomic mass is 16.5. The van der Waals surface area contributed by atoms with Gasteiger partial charge in [-0.3, -0.25) is 9.59 Å². The summed E-state index contributed by atoms with van der Waals surface area (Å²) in [6, 6.07) is 19.2. The van der Waals surface area contributed by atoms with Gasteiger partial charge in [-0.2, -0.15) is 5.10 Å². The second-order valence-electron chi connectivity index (χ2n) is 6.96. The van der Waals surface area contributed by atoms with Crippen molar-refractivity contribution in [2.75, 3.05) is 6.61 Å². The third-order valence-corrected chi connectivity index (χ3v) is 4.75. The zero-order chi connectivity index (χ0) is 22.2. The van der Waals surface area contributed by atoms with Gasteiger partial charge in [0.15, 0.2) is 0 Å². The van der Waals surface area contributed by atoms with Gasteiger partial charge in [-0.15, -0.1) is 0 Å². The molecule has 0 fully saturated rings. The summed E-state index contributed by atoms with van der Waals surface area (Å²) in [5.74, 6) is -0.725. The van der Waals surface area contributed by atoms with E-state index in [1.165, 1.54) is 6.21 Å². The van der Waals surface area contributed by atoms with Crippen molar-refractivity contribution < 1.29 is 14.3 Å². The summed E-state index contributed by atoms with van der Waals surface area (Å²) < 4.78 is 7.59. The minimum absolute atomic E-state index is 0.278. The van der Waals surface area contributed by atoms with Crippen LogP contribution in [0, 0.1) is 13.8 Å². The highest BCUT2D eigenvalue weighted by molar-refractivity contribution is 6.35. The summed E-state index contributed by atoms with van der Waals surface area (Å²) in [5, 5.41) is 6.51. The number of carbonyl (C=O) groups is 2. The Kier molecular flexibility index (Phi) is 7.22. The van der Waals surface area contributed by atoms with Crippen LogP contribution in [0.3, 0.4) is 0 Å². The van der Waals surface area contributed by atoms with Crippen molar-refractivity contribution in [1.29, 1.82) is 0 Å². The molecular weight excluding hydrogens is 392 g/mol. The molecule has 0 aliphatic rings. The van der Waals surface area contributed by atoms with Gasteiger partial charge in [-0.05, 0) is 56.7 Å². The molecule has 0 aliphatic heterocycles. The Morgan fingerprint density at radius 3 is 2.42 bits per heavy atom. The number of amides is 2. The van der Waals surface area contributed by atoms with Crippen LogP contribution in [0.25, 0.3) is 5.69 Å². The van der Waals surface area contributed by atoms with E-state index in [-0.39, 0.29) is 6.54 Å². The van der Waals surface area contributed by atoms with Gasteiger partial charge in [0.1, 0.15) is 5.75 Å². The summed E-state index contributed by atoms with van der Waals surface area (Å²) in [5.41, 5.74) is 7.02. The number of ether oxygens (including phenoxy) is 1. The molecular formula is C24H26N4O3. The Balaban J connectivity index is 1.61. The molecule has 0 spiro atoms. The summed E-state index contributed by atoms with van der Waals surface area (Å²) in [6.07, 6.45) is 1.54. The molecule has 0 atom stereocenters. The third kappa shape index (κ3) is 5.60. The predicted molar refractivity (Wildman–Crippen MR) is 120 cm³/mol. The largest absolute Gasteiger partial charge is 0.494 e. The standard InChI is InChI=1S/C24H26N4O3/c1-4-31-22-12-10-21(11-13-22)28-17(2)14-20(18(28)3)16-26-27-24(30)23(29)25-15-19-8-6-5-7-9-19/h5-14,16H,4,15H2,1-3H3,(H,25,29)(H,27,30)/b26-16-. The molecule has 2 aromatic carbocycles. The number of nitrogens with zero attached hydrogens (tertiary/aromatic N) is 2. The van der Waals surface area contributed by atoms with Crippen LogP contribution in [-0.4, -0.2) is 29.2 Å². The van der Waals surface area contributed by atoms with Crippen molar-refractivity contribution in [2.24, 2.45) is 5.10 Å². The molecule has 2 amide bonds. The second-order valence-corrected chi connectivity index (χ2v) is 6.96. The quantitative estimate of drug-likeness (QED) is 0.351. The molecule has 7 heteroatoms. The predicted octanol–water partition coefficient (Wildman–Crippen LogP) is 3.26. The number of benzene rings is 2. The van der Waals surface area contributed by atoms with Crippen molar-refractivity contribution in [3.8, 4) is 11.4 Å². The maximum Gasteiger partial charge on any atom is 0.329 e.